The Morgan fingerprint density at radius 2 is 1.80 bits per heavy atom. The van der Waals surface area contributed by atoms with Crippen LogP contribution in [-0.4, -0.2) is 24.3 Å². The lowest BCUT2D eigenvalue weighted by Gasteiger charge is -2.26. The molecule has 1 heterocycles. The SMILES string of the molecule is Cc1ccc(C[NH+]2CCC(O)CC2)cc1. The van der Waals surface area contributed by atoms with Gasteiger partial charge in [0.05, 0.1) is 19.2 Å². The smallest absolute Gasteiger partial charge is 0.103 e. The lowest BCUT2D eigenvalue weighted by atomic mass is 10.1. The van der Waals surface area contributed by atoms with E-state index in [2.05, 4.69) is 31.2 Å². The second-order valence-corrected chi connectivity index (χ2v) is 4.64. The normalized spacial score (nSPS) is 26.5. The van der Waals surface area contributed by atoms with Crippen LogP contribution in [0.5, 0.6) is 0 Å². The highest BCUT2D eigenvalue weighted by atomic mass is 16.3. The quantitative estimate of drug-likeness (QED) is 0.725. The molecule has 2 heteroatoms. The lowest BCUT2D eigenvalue weighted by molar-refractivity contribution is -0.919. The van der Waals surface area contributed by atoms with Crippen LogP contribution in [0.15, 0.2) is 24.3 Å². The minimum absolute atomic E-state index is 0.0493. The highest BCUT2D eigenvalue weighted by Gasteiger charge is 2.19. The van der Waals surface area contributed by atoms with Gasteiger partial charge in [-0.2, -0.15) is 0 Å². The molecule has 0 atom stereocenters. The van der Waals surface area contributed by atoms with Gasteiger partial charge < -0.3 is 10.0 Å². The Morgan fingerprint density at radius 3 is 2.40 bits per heavy atom. The summed E-state index contributed by atoms with van der Waals surface area (Å²) in [5.41, 5.74) is 2.73. The molecule has 0 aromatic heterocycles. The fraction of sp³-hybridized carbons (Fsp3) is 0.538. The summed E-state index contributed by atoms with van der Waals surface area (Å²) >= 11 is 0. The van der Waals surface area contributed by atoms with Crippen LogP contribution in [-0.2, 0) is 6.54 Å². The van der Waals surface area contributed by atoms with Gasteiger partial charge in [0.15, 0.2) is 0 Å². The summed E-state index contributed by atoms with van der Waals surface area (Å²) in [4.78, 5) is 1.60. The van der Waals surface area contributed by atoms with Gasteiger partial charge in [0, 0.05) is 18.4 Å². The van der Waals surface area contributed by atoms with E-state index in [1.807, 2.05) is 0 Å². The zero-order chi connectivity index (χ0) is 10.7. The molecule has 0 saturated carbocycles. The van der Waals surface area contributed by atoms with Crippen molar-refractivity contribution < 1.29 is 10.0 Å². The number of hydrogen-bond donors (Lipinski definition) is 2. The molecule has 0 spiro atoms. The second-order valence-electron chi connectivity index (χ2n) is 4.64. The van der Waals surface area contributed by atoms with Gasteiger partial charge in [-0.1, -0.05) is 29.8 Å². The van der Waals surface area contributed by atoms with Crippen molar-refractivity contribution in [2.75, 3.05) is 13.1 Å². The number of aryl methyl sites for hydroxylation is 1. The number of hydrogen-bond acceptors (Lipinski definition) is 1. The average Bonchev–Trinajstić information content (AvgIpc) is 2.25. The molecule has 2 rings (SSSR count). The Labute approximate surface area is 91.5 Å². The highest BCUT2D eigenvalue weighted by Crippen LogP contribution is 2.03. The van der Waals surface area contributed by atoms with Gasteiger partial charge in [-0.15, -0.1) is 0 Å². The largest absolute Gasteiger partial charge is 0.393 e. The van der Waals surface area contributed by atoms with Gasteiger partial charge in [0.1, 0.15) is 6.54 Å². The Morgan fingerprint density at radius 1 is 1.20 bits per heavy atom. The number of aliphatic hydroxyl groups is 1. The number of aliphatic hydroxyl groups excluding tert-OH is 1. The topological polar surface area (TPSA) is 24.7 Å². The summed E-state index contributed by atoms with van der Waals surface area (Å²) in [6, 6.07) is 8.78. The van der Waals surface area contributed by atoms with E-state index in [0.717, 1.165) is 32.5 Å². The van der Waals surface area contributed by atoms with E-state index in [0.29, 0.717) is 0 Å². The maximum atomic E-state index is 9.42. The number of benzene rings is 1. The fourth-order valence-corrected chi connectivity index (χ4v) is 2.18. The standard InChI is InChI=1S/C13H19NO/c1-11-2-4-12(5-3-11)10-14-8-6-13(15)7-9-14/h2-5,13,15H,6-10H2,1H3/p+1. The highest BCUT2D eigenvalue weighted by molar-refractivity contribution is 5.20. The van der Waals surface area contributed by atoms with Crippen molar-refractivity contribution >= 4 is 0 Å². The lowest BCUT2D eigenvalue weighted by Crippen LogP contribution is -3.12. The first kappa shape index (κ1) is 10.7. The predicted molar refractivity (Wildman–Crippen MR) is 60.8 cm³/mol. The summed E-state index contributed by atoms with van der Waals surface area (Å²) in [5.74, 6) is 0. The number of piperidine rings is 1. The number of quaternary nitrogens is 1. The zero-order valence-electron chi connectivity index (χ0n) is 9.37. The van der Waals surface area contributed by atoms with Crippen molar-refractivity contribution in [2.45, 2.75) is 32.4 Å². The molecule has 1 aliphatic heterocycles. The molecule has 0 unspecified atom stereocenters. The van der Waals surface area contributed by atoms with Crippen LogP contribution in [0.4, 0.5) is 0 Å². The maximum Gasteiger partial charge on any atom is 0.103 e. The van der Waals surface area contributed by atoms with Crippen LogP contribution < -0.4 is 4.90 Å². The number of likely N-dealkylation sites (tertiary alicyclic amines) is 1. The summed E-state index contributed by atoms with van der Waals surface area (Å²) in [7, 11) is 0. The van der Waals surface area contributed by atoms with E-state index in [1.165, 1.54) is 11.1 Å². The first-order valence-corrected chi connectivity index (χ1v) is 5.81. The van der Waals surface area contributed by atoms with E-state index < -0.39 is 0 Å². The molecule has 0 amide bonds. The van der Waals surface area contributed by atoms with Crippen LogP contribution >= 0.6 is 0 Å². The Balaban J connectivity index is 1.89. The molecule has 0 bridgehead atoms. The molecule has 1 saturated heterocycles. The van der Waals surface area contributed by atoms with Gasteiger partial charge in [-0.3, -0.25) is 0 Å². The fourth-order valence-electron chi connectivity index (χ4n) is 2.18. The summed E-state index contributed by atoms with van der Waals surface area (Å²) in [5, 5.41) is 9.42. The van der Waals surface area contributed by atoms with Crippen molar-refractivity contribution in [3.05, 3.63) is 35.4 Å². The zero-order valence-corrected chi connectivity index (χ0v) is 9.37. The van der Waals surface area contributed by atoms with Crippen LogP contribution in [0.2, 0.25) is 0 Å². The summed E-state index contributed by atoms with van der Waals surface area (Å²) in [6.07, 6.45) is 1.87. The monoisotopic (exact) mass is 206 g/mol. The van der Waals surface area contributed by atoms with Crippen LogP contribution in [0, 0.1) is 6.92 Å². The van der Waals surface area contributed by atoms with Gasteiger partial charge in [0.25, 0.3) is 0 Å². The van der Waals surface area contributed by atoms with E-state index in [9.17, 15) is 5.11 Å². The molecule has 2 nitrogen and oxygen atoms in total. The van der Waals surface area contributed by atoms with Crippen molar-refractivity contribution in [1.82, 2.24) is 0 Å². The second kappa shape index (κ2) is 4.77. The minimum Gasteiger partial charge on any atom is -0.393 e. The number of nitrogens with one attached hydrogen (secondary N) is 1. The first-order chi connectivity index (χ1) is 7.24. The van der Waals surface area contributed by atoms with Crippen molar-refractivity contribution in [2.24, 2.45) is 0 Å². The minimum atomic E-state index is -0.0493. The molecule has 82 valence electrons. The molecule has 15 heavy (non-hydrogen) atoms. The van der Waals surface area contributed by atoms with Crippen molar-refractivity contribution in [3.8, 4) is 0 Å². The molecular formula is C13H20NO+. The Hall–Kier alpha value is -0.860. The van der Waals surface area contributed by atoms with E-state index in [4.69, 9.17) is 0 Å². The van der Waals surface area contributed by atoms with Crippen LogP contribution in [0.1, 0.15) is 24.0 Å². The molecule has 1 aliphatic rings. The third kappa shape index (κ3) is 3.05. The first-order valence-electron chi connectivity index (χ1n) is 5.81. The summed E-state index contributed by atoms with van der Waals surface area (Å²) in [6.45, 7) is 5.44. The Bertz CT molecular complexity index is 299. The van der Waals surface area contributed by atoms with Crippen LogP contribution in [0.3, 0.4) is 0 Å². The molecule has 1 aromatic rings. The molecule has 1 fully saturated rings. The van der Waals surface area contributed by atoms with Gasteiger partial charge in [-0.25, -0.2) is 0 Å². The van der Waals surface area contributed by atoms with Gasteiger partial charge >= 0.3 is 0 Å². The maximum absolute atomic E-state index is 9.42. The molecule has 0 aliphatic carbocycles. The third-order valence-electron chi connectivity index (χ3n) is 3.24. The van der Waals surface area contributed by atoms with E-state index >= 15 is 0 Å². The van der Waals surface area contributed by atoms with Gasteiger partial charge in [0.2, 0.25) is 0 Å². The molecule has 2 N–H and O–H groups in total. The third-order valence-corrected chi connectivity index (χ3v) is 3.24. The molecular weight excluding hydrogens is 186 g/mol. The van der Waals surface area contributed by atoms with Crippen molar-refractivity contribution in [1.29, 1.82) is 0 Å². The summed E-state index contributed by atoms with van der Waals surface area (Å²) < 4.78 is 0. The van der Waals surface area contributed by atoms with E-state index in [1.54, 1.807) is 4.90 Å². The molecule has 0 radical (unpaired) electrons. The number of rotatable bonds is 2. The van der Waals surface area contributed by atoms with E-state index in [-0.39, 0.29) is 6.10 Å². The van der Waals surface area contributed by atoms with Crippen molar-refractivity contribution in [3.63, 3.8) is 0 Å². The predicted octanol–water partition coefficient (Wildman–Crippen LogP) is 0.535. The van der Waals surface area contributed by atoms with Gasteiger partial charge in [-0.05, 0) is 6.92 Å². The molecule has 1 aromatic carbocycles. The Kier molecular flexibility index (Phi) is 3.39. The van der Waals surface area contributed by atoms with Crippen LogP contribution in [0.25, 0.3) is 0 Å². The average molecular weight is 206 g/mol.